The maximum Gasteiger partial charge on any atom is 0.254 e. The quantitative estimate of drug-likeness (QED) is 0.799. The maximum atomic E-state index is 13.0. The molecule has 2 saturated heterocycles. The Morgan fingerprint density at radius 1 is 1.16 bits per heavy atom. The first-order chi connectivity index (χ1) is 14.8. The summed E-state index contributed by atoms with van der Waals surface area (Å²) in [5.74, 6) is 0.248. The molecule has 168 valence electrons. The zero-order valence-corrected chi connectivity index (χ0v) is 19.2. The van der Waals surface area contributed by atoms with E-state index in [4.69, 9.17) is 0 Å². The smallest absolute Gasteiger partial charge is 0.254 e. The van der Waals surface area contributed by atoms with Gasteiger partial charge in [-0.2, -0.15) is 0 Å². The lowest BCUT2D eigenvalue weighted by atomic mass is 10.1. The predicted octanol–water partition coefficient (Wildman–Crippen LogP) is 2.39. The average Bonchev–Trinajstić information content (AvgIpc) is 3.40. The van der Waals surface area contributed by atoms with Crippen LogP contribution in [-0.2, 0) is 11.3 Å². The van der Waals surface area contributed by atoms with E-state index in [2.05, 4.69) is 40.9 Å². The first-order valence-electron chi connectivity index (χ1n) is 11.4. The van der Waals surface area contributed by atoms with Crippen molar-refractivity contribution in [1.29, 1.82) is 0 Å². The maximum absolute atomic E-state index is 13.0. The highest BCUT2D eigenvalue weighted by atomic mass is 16.2. The van der Waals surface area contributed by atoms with E-state index < -0.39 is 0 Å². The highest BCUT2D eigenvalue weighted by molar-refractivity contribution is 5.98. The Bertz CT molecular complexity index is 945. The lowest BCUT2D eigenvalue weighted by molar-refractivity contribution is -0.129. The second-order valence-corrected chi connectivity index (χ2v) is 9.30. The van der Waals surface area contributed by atoms with Gasteiger partial charge in [0.1, 0.15) is 0 Å². The van der Waals surface area contributed by atoms with Crippen molar-refractivity contribution >= 4 is 22.7 Å². The van der Waals surface area contributed by atoms with Gasteiger partial charge < -0.3 is 14.8 Å². The molecule has 0 aliphatic carbocycles. The molecule has 2 aliphatic rings. The summed E-state index contributed by atoms with van der Waals surface area (Å²) < 4.78 is 0. The van der Waals surface area contributed by atoms with Crippen LogP contribution in [0, 0.1) is 0 Å². The number of amides is 2. The van der Waals surface area contributed by atoms with Crippen LogP contribution >= 0.6 is 0 Å². The molecule has 2 amide bonds. The van der Waals surface area contributed by atoms with Gasteiger partial charge in [-0.3, -0.25) is 19.4 Å². The molecular formula is C24H35N5O2. The number of aromatic nitrogens is 1. The van der Waals surface area contributed by atoms with E-state index in [9.17, 15) is 9.59 Å². The molecule has 0 radical (unpaired) electrons. The fraction of sp³-hybridized carbons (Fsp3) is 0.583. The Hall–Kier alpha value is -2.38. The molecule has 1 aromatic heterocycles. The van der Waals surface area contributed by atoms with Crippen molar-refractivity contribution in [2.24, 2.45) is 0 Å². The van der Waals surface area contributed by atoms with Crippen LogP contribution in [0.15, 0.2) is 24.4 Å². The molecule has 31 heavy (non-hydrogen) atoms. The van der Waals surface area contributed by atoms with Gasteiger partial charge in [-0.05, 0) is 38.0 Å². The Morgan fingerprint density at radius 3 is 2.58 bits per heavy atom. The largest absolute Gasteiger partial charge is 0.361 e. The van der Waals surface area contributed by atoms with E-state index in [0.717, 1.165) is 63.3 Å². The first-order valence-corrected chi connectivity index (χ1v) is 11.4. The minimum Gasteiger partial charge on any atom is -0.361 e. The van der Waals surface area contributed by atoms with Crippen LogP contribution < -0.4 is 0 Å². The molecule has 1 atom stereocenters. The number of likely N-dealkylation sites (tertiary alicyclic amines) is 1. The van der Waals surface area contributed by atoms with Gasteiger partial charge in [-0.1, -0.05) is 6.07 Å². The number of carbonyl (C=O) groups is 2. The fourth-order valence-corrected chi connectivity index (χ4v) is 4.84. The number of nitrogens with zero attached hydrogens (tertiary/aromatic N) is 4. The Kier molecular flexibility index (Phi) is 6.34. The van der Waals surface area contributed by atoms with Crippen molar-refractivity contribution < 1.29 is 9.59 Å². The van der Waals surface area contributed by atoms with Crippen LogP contribution in [0.3, 0.4) is 0 Å². The monoisotopic (exact) mass is 425 g/mol. The molecule has 2 aromatic rings. The van der Waals surface area contributed by atoms with E-state index in [1.165, 1.54) is 10.9 Å². The number of hydrogen-bond donors (Lipinski definition) is 1. The van der Waals surface area contributed by atoms with Gasteiger partial charge in [-0.15, -0.1) is 0 Å². The number of aromatic amines is 1. The molecule has 0 spiro atoms. The van der Waals surface area contributed by atoms with Crippen LogP contribution in [0.1, 0.15) is 43.1 Å². The summed E-state index contributed by atoms with van der Waals surface area (Å²) >= 11 is 0. The molecule has 3 heterocycles. The van der Waals surface area contributed by atoms with Crippen LogP contribution in [0.4, 0.5) is 0 Å². The molecular weight excluding hydrogens is 390 g/mol. The second-order valence-electron chi connectivity index (χ2n) is 9.30. The normalized spacial score (nSPS) is 20.7. The number of benzene rings is 1. The van der Waals surface area contributed by atoms with Crippen LogP contribution in [0.5, 0.6) is 0 Å². The van der Waals surface area contributed by atoms with Gasteiger partial charge in [-0.25, -0.2) is 0 Å². The molecule has 2 fully saturated rings. The van der Waals surface area contributed by atoms with Gasteiger partial charge in [0.05, 0.1) is 0 Å². The lowest BCUT2D eigenvalue weighted by Crippen LogP contribution is -2.50. The minimum atomic E-state index is 0.121. The highest BCUT2D eigenvalue weighted by Crippen LogP contribution is 2.24. The van der Waals surface area contributed by atoms with Gasteiger partial charge in [0.2, 0.25) is 5.91 Å². The van der Waals surface area contributed by atoms with Crippen molar-refractivity contribution in [3.05, 3.63) is 35.5 Å². The fourth-order valence-electron chi connectivity index (χ4n) is 4.84. The number of rotatable bonds is 5. The van der Waals surface area contributed by atoms with Crippen LogP contribution in [0.2, 0.25) is 0 Å². The summed E-state index contributed by atoms with van der Waals surface area (Å²) in [6, 6.07) is 6.86. The van der Waals surface area contributed by atoms with Crippen molar-refractivity contribution in [3.63, 3.8) is 0 Å². The Morgan fingerprint density at radius 2 is 1.90 bits per heavy atom. The van der Waals surface area contributed by atoms with Crippen molar-refractivity contribution in [2.45, 2.75) is 45.8 Å². The van der Waals surface area contributed by atoms with E-state index in [-0.39, 0.29) is 11.8 Å². The minimum absolute atomic E-state index is 0.121. The van der Waals surface area contributed by atoms with Crippen molar-refractivity contribution in [2.75, 3.05) is 46.3 Å². The molecule has 0 bridgehead atoms. The van der Waals surface area contributed by atoms with E-state index in [0.29, 0.717) is 12.1 Å². The van der Waals surface area contributed by atoms with Gasteiger partial charge in [0.15, 0.2) is 0 Å². The molecule has 0 saturated carbocycles. The summed E-state index contributed by atoms with van der Waals surface area (Å²) in [6.45, 7) is 12.2. The average molecular weight is 426 g/mol. The zero-order valence-electron chi connectivity index (χ0n) is 19.2. The van der Waals surface area contributed by atoms with E-state index >= 15 is 0 Å². The third kappa shape index (κ3) is 4.62. The van der Waals surface area contributed by atoms with Gasteiger partial charge in [0.25, 0.3) is 5.91 Å². The molecule has 2 aliphatic heterocycles. The highest BCUT2D eigenvalue weighted by Gasteiger charge is 2.28. The SMILES string of the molecule is CC(=O)N(C)C1CCN(Cc2c[nH]c3cc(C(=O)N4CCN(C(C)C)CC4)ccc23)C1. The number of H-pyrrole nitrogens is 1. The van der Waals surface area contributed by atoms with Gasteiger partial charge >= 0.3 is 0 Å². The third-order valence-electron chi connectivity index (χ3n) is 7.03. The Labute approximate surface area is 185 Å². The third-order valence-corrected chi connectivity index (χ3v) is 7.03. The summed E-state index contributed by atoms with van der Waals surface area (Å²) in [5, 5.41) is 1.17. The summed E-state index contributed by atoms with van der Waals surface area (Å²) in [6.07, 6.45) is 3.07. The number of piperazine rings is 1. The Balaban J connectivity index is 1.41. The van der Waals surface area contributed by atoms with E-state index in [1.54, 1.807) is 6.92 Å². The summed E-state index contributed by atoms with van der Waals surface area (Å²) in [7, 11) is 1.89. The lowest BCUT2D eigenvalue weighted by Gasteiger charge is -2.37. The molecule has 1 aromatic carbocycles. The number of nitrogens with one attached hydrogen (secondary N) is 1. The summed E-state index contributed by atoms with van der Waals surface area (Å²) in [4.78, 5) is 36.7. The zero-order chi connectivity index (χ0) is 22.1. The van der Waals surface area contributed by atoms with Crippen molar-refractivity contribution in [1.82, 2.24) is 24.6 Å². The molecule has 1 N–H and O–H groups in total. The van der Waals surface area contributed by atoms with Gasteiger partial charge in [0, 0.05) is 94.5 Å². The molecule has 7 heteroatoms. The number of fused-ring (bicyclic) bond motifs is 1. The predicted molar refractivity (Wildman–Crippen MR) is 123 cm³/mol. The molecule has 4 rings (SSSR count). The number of carbonyl (C=O) groups excluding carboxylic acids is 2. The molecule has 1 unspecified atom stereocenters. The molecule has 7 nitrogen and oxygen atoms in total. The second kappa shape index (κ2) is 9.01. The topological polar surface area (TPSA) is 62.9 Å². The van der Waals surface area contributed by atoms with Crippen LogP contribution in [-0.4, -0.2) is 94.8 Å². The van der Waals surface area contributed by atoms with Crippen molar-refractivity contribution in [3.8, 4) is 0 Å². The standard InChI is InChI=1S/C24H35N5O2/c1-17(2)28-9-11-29(12-10-28)24(31)19-5-6-22-20(14-25-23(22)13-19)15-27-8-7-21(16-27)26(4)18(3)30/h5-6,13-14,17,21,25H,7-12,15-16H2,1-4H3. The number of hydrogen-bond acceptors (Lipinski definition) is 4. The van der Waals surface area contributed by atoms with Crippen LogP contribution in [0.25, 0.3) is 10.9 Å². The van der Waals surface area contributed by atoms with E-state index in [1.807, 2.05) is 29.0 Å². The summed E-state index contributed by atoms with van der Waals surface area (Å²) in [5.41, 5.74) is 3.01. The number of likely N-dealkylation sites (N-methyl/N-ethyl adjacent to an activating group) is 1. The first kappa shape index (κ1) is 21.8.